The van der Waals surface area contributed by atoms with Gasteiger partial charge in [0.1, 0.15) is 16.9 Å². The van der Waals surface area contributed by atoms with Gasteiger partial charge in [-0.15, -0.1) is 0 Å². The summed E-state index contributed by atoms with van der Waals surface area (Å²) in [6.45, 7) is 0. The molecule has 0 unspecified atom stereocenters. The van der Waals surface area contributed by atoms with Crippen LogP contribution in [0, 0.1) is 0 Å². The highest BCUT2D eigenvalue weighted by Gasteiger charge is 2.55. The average Bonchev–Trinajstić information content (AvgIpc) is 3.90. The number of furan rings is 1. The highest BCUT2D eigenvalue weighted by molar-refractivity contribution is 6.04. The van der Waals surface area contributed by atoms with Gasteiger partial charge in [0, 0.05) is 22.4 Å². The second-order valence-electron chi connectivity index (χ2n) is 14.7. The van der Waals surface area contributed by atoms with E-state index in [4.69, 9.17) is 9.15 Å². The normalized spacial score (nSPS) is 13.6. The molecular formula is C53H33NO2. The molecule has 0 atom stereocenters. The molecule has 9 aromatic rings. The fraction of sp³-hybridized carbons (Fsp3) is 0.0189. The predicted molar refractivity (Wildman–Crippen MR) is 226 cm³/mol. The first-order chi connectivity index (χ1) is 27.8. The van der Waals surface area contributed by atoms with Crippen LogP contribution in [0.4, 0.5) is 17.1 Å². The van der Waals surface area contributed by atoms with Crippen molar-refractivity contribution in [3.8, 4) is 67.3 Å². The Hall–Kier alpha value is -7.36. The molecule has 3 heteroatoms. The van der Waals surface area contributed by atoms with Crippen LogP contribution in [0.3, 0.4) is 0 Å². The third-order valence-corrected chi connectivity index (χ3v) is 11.9. The molecule has 2 heterocycles. The van der Waals surface area contributed by atoms with Gasteiger partial charge >= 0.3 is 0 Å². The molecule has 0 saturated carbocycles. The van der Waals surface area contributed by atoms with Crippen molar-refractivity contribution in [2.45, 2.75) is 5.41 Å². The minimum Gasteiger partial charge on any atom is -0.458 e. The summed E-state index contributed by atoms with van der Waals surface area (Å²) in [5, 5.41) is 0. The average molecular weight is 716 g/mol. The Morgan fingerprint density at radius 1 is 0.357 bits per heavy atom. The fourth-order valence-corrected chi connectivity index (χ4v) is 9.65. The smallest absolute Gasteiger partial charge is 0.151 e. The van der Waals surface area contributed by atoms with E-state index in [9.17, 15) is 0 Å². The van der Waals surface area contributed by atoms with E-state index < -0.39 is 5.41 Å². The standard InChI is InChI=1S/C53H33NO2/c1-2-16-35(17-3-1)49-50-41-22-8-11-25-44(41)53(42-23-9-6-19-38(42)39-20-7-10-24-43(39)53)52(50)56-51(49)40-21-5-4-18-37(40)34-30-32-36(33-31-34)54-45-26-12-14-28-47(45)55-48-29-15-13-27-46(48)54/h1-33H. The Kier molecular flexibility index (Phi) is 6.55. The lowest BCUT2D eigenvalue weighted by Crippen LogP contribution is -2.25. The van der Waals surface area contributed by atoms with Crippen molar-refractivity contribution in [3.05, 3.63) is 223 Å². The number of nitrogens with zero attached hydrogens (tertiary/aromatic N) is 1. The molecule has 1 spiro atoms. The van der Waals surface area contributed by atoms with Gasteiger partial charge in [0.15, 0.2) is 11.5 Å². The summed E-state index contributed by atoms with van der Waals surface area (Å²) in [4.78, 5) is 2.28. The number of benzene rings is 8. The summed E-state index contributed by atoms with van der Waals surface area (Å²) in [5.41, 5.74) is 16.8. The fourth-order valence-electron chi connectivity index (χ4n) is 9.65. The molecule has 3 aliphatic rings. The maximum atomic E-state index is 7.57. The van der Waals surface area contributed by atoms with E-state index in [1.807, 2.05) is 24.3 Å². The van der Waals surface area contributed by atoms with Crippen LogP contribution in [0.5, 0.6) is 11.5 Å². The van der Waals surface area contributed by atoms with Gasteiger partial charge in [-0.2, -0.15) is 0 Å². The second kappa shape index (κ2) is 11.8. The quantitative estimate of drug-likeness (QED) is 0.181. The summed E-state index contributed by atoms with van der Waals surface area (Å²) in [7, 11) is 0. The number of rotatable bonds is 4. The van der Waals surface area contributed by atoms with Gasteiger partial charge in [0.25, 0.3) is 0 Å². The van der Waals surface area contributed by atoms with Crippen LogP contribution in [-0.2, 0) is 5.41 Å². The van der Waals surface area contributed by atoms with Gasteiger partial charge in [-0.05, 0) is 86.5 Å². The third-order valence-electron chi connectivity index (χ3n) is 11.9. The molecule has 0 N–H and O–H groups in total. The summed E-state index contributed by atoms with van der Waals surface area (Å²) in [6, 6.07) is 71.5. The largest absolute Gasteiger partial charge is 0.458 e. The monoisotopic (exact) mass is 715 g/mol. The van der Waals surface area contributed by atoms with Crippen LogP contribution in [0.25, 0.3) is 55.8 Å². The van der Waals surface area contributed by atoms with E-state index in [2.05, 4.69) is 181 Å². The zero-order valence-corrected chi connectivity index (χ0v) is 30.3. The minimum atomic E-state index is -0.581. The highest BCUT2D eigenvalue weighted by atomic mass is 16.5. The van der Waals surface area contributed by atoms with Crippen LogP contribution in [-0.4, -0.2) is 0 Å². The topological polar surface area (TPSA) is 25.6 Å². The Morgan fingerprint density at radius 2 is 0.839 bits per heavy atom. The van der Waals surface area contributed by atoms with Gasteiger partial charge in [-0.1, -0.05) is 164 Å². The molecule has 12 rings (SSSR count). The lowest BCUT2D eigenvalue weighted by Gasteiger charge is -2.32. The molecule has 56 heavy (non-hydrogen) atoms. The number of hydrogen-bond acceptors (Lipinski definition) is 3. The van der Waals surface area contributed by atoms with Crippen LogP contribution in [0.2, 0.25) is 0 Å². The molecule has 8 aromatic carbocycles. The molecule has 0 amide bonds. The zero-order valence-electron chi connectivity index (χ0n) is 30.3. The zero-order chi connectivity index (χ0) is 36.8. The first-order valence-electron chi connectivity index (χ1n) is 19.2. The molecule has 3 nitrogen and oxygen atoms in total. The van der Waals surface area contributed by atoms with Crippen molar-refractivity contribution >= 4 is 17.1 Å². The summed E-state index contributed by atoms with van der Waals surface area (Å²) in [5.74, 6) is 3.55. The molecule has 1 aliphatic heterocycles. The van der Waals surface area contributed by atoms with E-state index in [-0.39, 0.29) is 0 Å². The second-order valence-corrected chi connectivity index (χ2v) is 14.7. The first kappa shape index (κ1) is 31.0. The van der Waals surface area contributed by atoms with Gasteiger partial charge in [-0.3, -0.25) is 0 Å². The van der Waals surface area contributed by atoms with Crippen LogP contribution in [0.15, 0.2) is 205 Å². The number of fused-ring (bicyclic) bond motifs is 12. The van der Waals surface area contributed by atoms with Gasteiger partial charge < -0.3 is 14.1 Å². The lowest BCUT2D eigenvalue weighted by atomic mass is 9.73. The van der Waals surface area contributed by atoms with Crippen molar-refractivity contribution < 1.29 is 9.15 Å². The number of ether oxygens (including phenoxy) is 1. The Labute approximate surface area is 325 Å². The van der Waals surface area contributed by atoms with Crippen molar-refractivity contribution in [1.29, 1.82) is 0 Å². The van der Waals surface area contributed by atoms with Gasteiger partial charge in [0.2, 0.25) is 0 Å². The predicted octanol–water partition coefficient (Wildman–Crippen LogP) is 14.2. The van der Waals surface area contributed by atoms with E-state index >= 15 is 0 Å². The van der Waals surface area contributed by atoms with Crippen LogP contribution in [0.1, 0.15) is 22.5 Å². The summed E-state index contributed by atoms with van der Waals surface area (Å²) in [6.07, 6.45) is 0. The maximum Gasteiger partial charge on any atom is 0.151 e. The molecule has 262 valence electrons. The molecule has 2 aliphatic carbocycles. The van der Waals surface area contributed by atoms with Crippen LogP contribution >= 0.6 is 0 Å². The summed E-state index contributed by atoms with van der Waals surface area (Å²) >= 11 is 0. The van der Waals surface area contributed by atoms with Crippen molar-refractivity contribution in [1.82, 2.24) is 0 Å². The Morgan fingerprint density at radius 3 is 1.46 bits per heavy atom. The van der Waals surface area contributed by atoms with Crippen molar-refractivity contribution in [2.24, 2.45) is 0 Å². The molecule has 0 fully saturated rings. The molecule has 0 radical (unpaired) electrons. The number of para-hydroxylation sites is 4. The van der Waals surface area contributed by atoms with E-state index in [0.29, 0.717) is 0 Å². The van der Waals surface area contributed by atoms with E-state index in [0.717, 1.165) is 67.9 Å². The summed E-state index contributed by atoms with van der Waals surface area (Å²) < 4.78 is 13.9. The van der Waals surface area contributed by atoms with E-state index in [1.165, 1.54) is 38.9 Å². The molecule has 0 bridgehead atoms. The Balaban J connectivity index is 1.08. The first-order valence-corrected chi connectivity index (χ1v) is 19.2. The Bertz CT molecular complexity index is 2920. The number of hydrogen-bond donors (Lipinski definition) is 0. The molecule has 1 aromatic heterocycles. The minimum absolute atomic E-state index is 0.581. The van der Waals surface area contributed by atoms with Gasteiger partial charge in [-0.25, -0.2) is 0 Å². The maximum absolute atomic E-state index is 7.57. The van der Waals surface area contributed by atoms with Gasteiger partial charge in [0.05, 0.1) is 11.4 Å². The highest BCUT2D eigenvalue weighted by Crippen LogP contribution is 2.66. The molecule has 0 saturated heterocycles. The van der Waals surface area contributed by atoms with Crippen molar-refractivity contribution in [3.63, 3.8) is 0 Å². The number of anilines is 3. The van der Waals surface area contributed by atoms with E-state index in [1.54, 1.807) is 0 Å². The van der Waals surface area contributed by atoms with Crippen molar-refractivity contribution in [2.75, 3.05) is 4.90 Å². The van der Waals surface area contributed by atoms with Crippen LogP contribution < -0.4 is 9.64 Å². The SMILES string of the molecule is c1ccc(-c2c(-c3ccccc3-c3ccc(N4c5ccccc5Oc5ccccc54)cc3)oc3c2-c2ccccc2C32c3ccccc3-c3ccccc32)cc1. The lowest BCUT2D eigenvalue weighted by molar-refractivity contribution is 0.477. The molecular weight excluding hydrogens is 683 g/mol. The third kappa shape index (κ3) is 4.17.